The standard InChI is InChI=1S/C17H17FN6O3S.2ClH/c18-13-7-11-9-24(23-28(19,26)27)6-4-10(11)8-15(13)21-14-3-5-20-17-12(14)1-2-16(25)22-17;;/h1-3,5,7-8,23H,4,6,9H2,(H2,19,26,27)(H2,20,21,22,25);2*1H. The first-order chi connectivity index (χ1) is 13.3. The zero-order chi connectivity index (χ0) is 19.9. The van der Waals surface area contributed by atoms with Gasteiger partial charge in [0.2, 0.25) is 5.56 Å². The first-order valence-corrected chi connectivity index (χ1v) is 9.94. The summed E-state index contributed by atoms with van der Waals surface area (Å²) in [7, 11) is -3.87. The molecule has 30 heavy (non-hydrogen) atoms. The fraction of sp³-hybridized carbons (Fsp3) is 0.176. The van der Waals surface area contributed by atoms with Crippen molar-refractivity contribution < 1.29 is 12.8 Å². The second-order valence-corrected chi connectivity index (χ2v) is 7.75. The lowest BCUT2D eigenvalue weighted by Crippen LogP contribution is -2.47. The average molecular weight is 477 g/mol. The molecule has 13 heteroatoms. The number of pyridine rings is 2. The number of benzene rings is 1. The number of hydrazine groups is 1. The number of rotatable bonds is 4. The summed E-state index contributed by atoms with van der Waals surface area (Å²) in [6, 6.07) is 7.77. The van der Waals surface area contributed by atoms with Crippen molar-refractivity contribution in [2.24, 2.45) is 5.14 Å². The number of aromatic nitrogens is 2. The molecule has 0 amide bonds. The van der Waals surface area contributed by atoms with Crippen molar-refractivity contribution in [3.63, 3.8) is 0 Å². The zero-order valence-electron chi connectivity index (χ0n) is 15.4. The van der Waals surface area contributed by atoms with Crippen molar-refractivity contribution >= 4 is 57.4 Å². The Bertz CT molecular complexity index is 1240. The largest absolute Gasteiger partial charge is 0.352 e. The Hall–Kier alpha value is -2.28. The summed E-state index contributed by atoms with van der Waals surface area (Å²) >= 11 is 0. The van der Waals surface area contributed by atoms with E-state index < -0.39 is 16.0 Å². The van der Waals surface area contributed by atoms with E-state index in [9.17, 15) is 17.6 Å². The molecule has 0 spiro atoms. The second-order valence-electron chi connectivity index (χ2n) is 6.48. The highest BCUT2D eigenvalue weighted by Crippen LogP contribution is 2.29. The number of hydrogen-bond acceptors (Lipinski definition) is 6. The molecule has 0 bridgehead atoms. The van der Waals surface area contributed by atoms with Gasteiger partial charge in [-0.25, -0.2) is 19.5 Å². The number of aromatic amines is 1. The van der Waals surface area contributed by atoms with Crippen LogP contribution in [0.25, 0.3) is 11.0 Å². The molecule has 0 unspecified atom stereocenters. The van der Waals surface area contributed by atoms with E-state index >= 15 is 0 Å². The van der Waals surface area contributed by atoms with Gasteiger partial charge in [0, 0.05) is 30.7 Å². The molecule has 0 saturated heterocycles. The van der Waals surface area contributed by atoms with Crippen LogP contribution in [0.1, 0.15) is 11.1 Å². The summed E-state index contributed by atoms with van der Waals surface area (Å²) in [5, 5.41) is 10.1. The molecule has 0 radical (unpaired) electrons. The number of H-pyrrole nitrogens is 1. The maximum atomic E-state index is 14.7. The molecular weight excluding hydrogens is 458 g/mol. The molecule has 0 atom stereocenters. The molecule has 4 rings (SSSR count). The van der Waals surface area contributed by atoms with Crippen molar-refractivity contribution in [1.82, 2.24) is 19.8 Å². The fourth-order valence-corrected chi connectivity index (χ4v) is 3.76. The van der Waals surface area contributed by atoms with Crippen molar-refractivity contribution in [1.29, 1.82) is 0 Å². The van der Waals surface area contributed by atoms with Gasteiger partial charge >= 0.3 is 0 Å². The van der Waals surface area contributed by atoms with E-state index in [0.717, 1.165) is 5.56 Å². The quantitative estimate of drug-likeness (QED) is 0.452. The van der Waals surface area contributed by atoms with Gasteiger partial charge in [-0.2, -0.15) is 8.42 Å². The summed E-state index contributed by atoms with van der Waals surface area (Å²) in [4.78, 5) is 20.4. The van der Waals surface area contributed by atoms with Gasteiger partial charge in [-0.3, -0.25) is 4.79 Å². The first-order valence-electron chi connectivity index (χ1n) is 8.40. The van der Waals surface area contributed by atoms with Crippen LogP contribution in [0.15, 0.2) is 41.3 Å². The predicted octanol–water partition coefficient (Wildman–Crippen LogP) is 1.72. The van der Waals surface area contributed by atoms with Crippen LogP contribution in [-0.4, -0.2) is 29.9 Å². The van der Waals surface area contributed by atoms with Gasteiger partial charge < -0.3 is 10.3 Å². The van der Waals surface area contributed by atoms with Crippen LogP contribution < -0.4 is 20.8 Å². The summed E-state index contributed by atoms with van der Waals surface area (Å²) in [5.74, 6) is -0.481. The van der Waals surface area contributed by atoms with Gasteiger partial charge in [0.05, 0.1) is 11.4 Å². The molecule has 3 aromatic rings. The Labute approximate surface area is 183 Å². The molecule has 9 nitrogen and oxygen atoms in total. The Morgan fingerprint density at radius 1 is 1.13 bits per heavy atom. The van der Waals surface area contributed by atoms with Crippen molar-refractivity contribution in [2.75, 3.05) is 11.9 Å². The number of anilines is 2. The lowest BCUT2D eigenvalue weighted by Gasteiger charge is -2.28. The third kappa shape index (κ3) is 5.25. The highest BCUT2D eigenvalue weighted by atomic mass is 35.5. The van der Waals surface area contributed by atoms with E-state index in [1.165, 1.54) is 23.3 Å². The molecule has 1 aliphatic heterocycles. The molecule has 5 N–H and O–H groups in total. The minimum Gasteiger partial charge on any atom is -0.352 e. The normalized spacial score (nSPS) is 13.8. The maximum absolute atomic E-state index is 14.7. The monoisotopic (exact) mass is 476 g/mol. The Balaban J connectivity index is 0.00000160. The van der Waals surface area contributed by atoms with Crippen LogP contribution >= 0.6 is 24.8 Å². The number of nitrogens with zero attached hydrogens (tertiary/aromatic N) is 2. The van der Waals surface area contributed by atoms with Crippen molar-refractivity contribution in [2.45, 2.75) is 13.0 Å². The summed E-state index contributed by atoms with van der Waals surface area (Å²) in [6.07, 6.45) is 2.05. The van der Waals surface area contributed by atoms with Crippen molar-refractivity contribution in [3.05, 3.63) is 63.8 Å². The average Bonchev–Trinajstić information content (AvgIpc) is 2.61. The molecule has 0 fully saturated rings. The van der Waals surface area contributed by atoms with E-state index in [1.54, 1.807) is 18.2 Å². The highest BCUT2D eigenvalue weighted by molar-refractivity contribution is 7.87. The smallest absolute Gasteiger partial charge is 0.287 e. The van der Waals surface area contributed by atoms with Crippen LogP contribution in [0, 0.1) is 5.82 Å². The second kappa shape index (κ2) is 9.25. The lowest BCUT2D eigenvalue weighted by atomic mass is 9.99. The Kier molecular flexibility index (Phi) is 7.40. The number of nitrogens with one attached hydrogen (secondary N) is 3. The third-order valence-corrected chi connectivity index (χ3v) is 4.97. The van der Waals surface area contributed by atoms with Crippen LogP contribution in [-0.2, 0) is 23.2 Å². The van der Waals surface area contributed by atoms with Crippen LogP contribution in [0.3, 0.4) is 0 Å². The Morgan fingerprint density at radius 3 is 2.63 bits per heavy atom. The molecule has 0 saturated carbocycles. The summed E-state index contributed by atoms with van der Waals surface area (Å²) in [6.45, 7) is 0.621. The maximum Gasteiger partial charge on any atom is 0.287 e. The molecule has 0 aliphatic carbocycles. The summed E-state index contributed by atoms with van der Waals surface area (Å²) < 4.78 is 37.0. The first kappa shape index (κ1) is 24.0. The summed E-state index contributed by atoms with van der Waals surface area (Å²) in [5.41, 5.74) is 2.60. The minimum absolute atomic E-state index is 0. The minimum atomic E-state index is -3.87. The lowest BCUT2D eigenvalue weighted by molar-refractivity contribution is 0.221. The molecule has 1 aliphatic rings. The predicted molar refractivity (Wildman–Crippen MR) is 117 cm³/mol. The molecule has 2 aromatic heterocycles. The molecule has 162 valence electrons. The third-order valence-electron chi connectivity index (χ3n) is 4.46. The van der Waals surface area contributed by atoms with Crippen LogP contribution in [0.4, 0.5) is 15.8 Å². The molecule has 1 aromatic carbocycles. The van der Waals surface area contributed by atoms with Crippen LogP contribution in [0.2, 0.25) is 0 Å². The van der Waals surface area contributed by atoms with E-state index in [0.29, 0.717) is 35.2 Å². The fourth-order valence-electron chi connectivity index (χ4n) is 3.25. The van der Waals surface area contributed by atoms with Gasteiger partial charge in [-0.1, -0.05) is 0 Å². The van der Waals surface area contributed by atoms with E-state index in [4.69, 9.17) is 5.14 Å². The molecule has 3 heterocycles. The van der Waals surface area contributed by atoms with E-state index in [1.807, 2.05) is 0 Å². The van der Waals surface area contributed by atoms with Gasteiger partial charge in [-0.05, 0) is 41.8 Å². The SMILES string of the molecule is Cl.Cl.NS(=O)(=O)NN1CCc2cc(Nc3ccnc4[nH]c(=O)ccc34)c(F)cc2C1. The van der Waals surface area contributed by atoms with Crippen LogP contribution in [0.5, 0.6) is 0 Å². The zero-order valence-corrected chi connectivity index (χ0v) is 17.8. The van der Waals surface area contributed by atoms with Gasteiger partial charge in [0.1, 0.15) is 11.5 Å². The van der Waals surface area contributed by atoms with Gasteiger partial charge in [0.25, 0.3) is 10.2 Å². The number of hydrogen-bond donors (Lipinski definition) is 4. The number of fused-ring (bicyclic) bond motifs is 2. The van der Waals surface area contributed by atoms with Gasteiger partial charge in [0.15, 0.2) is 0 Å². The highest BCUT2D eigenvalue weighted by Gasteiger charge is 2.21. The number of halogens is 3. The topological polar surface area (TPSA) is 133 Å². The van der Waals surface area contributed by atoms with Gasteiger partial charge in [-0.15, -0.1) is 29.6 Å². The number of nitrogens with two attached hydrogens (primary N) is 1. The van der Waals surface area contributed by atoms with E-state index in [2.05, 4.69) is 20.1 Å². The molecular formula is C17H19Cl2FN6O3S. The Morgan fingerprint density at radius 2 is 1.90 bits per heavy atom. The van der Waals surface area contributed by atoms with Crippen molar-refractivity contribution in [3.8, 4) is 0 Å². The van der Waals surface area contributed by atoms with E-state index in [-0.39, 0.29) is 42.6 Å².